The zero-order valence-electron chi connectivity index (χ0n) is 18.0. The summed E-state index contributed by atoms with van der Waals surface area (Å²) in [6, 6.07) is 12.5. The first-order valence-corrected chi connectivity index (χ1v) is 13.5. The first kappa shape index (κ1) is 20.0. The molecule has 3 aromatic rings. The zero-order chi connectivity index (χ0) is 20.6. The number of hydrogen-bond donors (Lipinski definition) is 0. The van der Waals surface area contributed by atoms with Gasteiger partial charge in [0.25, 0.3) is 0 Å². The highest BCUT2D eigenvalue weighted by Gasteiger charge is 2.44. The third-order valence-corrected chi connectivity index (χ3v) is 11.8. The molecule has 0 radical (unpaired) electrons. The van der Waals surface area contributed by atoms with Crippen molar-refractivity contribution in [3.05, 3.63) is 42.7 Å². The lowest BCUT2D eigenvalue weighted by Gasteiger charge is -2.38. The van der Waals surface area contributed by atoms with E-state index in [9.17, 15) is 0 Å². The standard InChI is InChI=1S/C25H32N3OP/c1-28-23(17-22-24(26-18-27-25(22)28)19-11-5-2-6-12-19)30(29,20-13-7-3-8-14-20)21-15-9-4-10-16-21/h2,5-6,11-12,17-18,20-21H,3-4,7-10,13-16H2,1H3. The Bertz CT molecular complexity index is 1040. The summed E-state index contributed by atoms with van der Waals surface area (Å²) in [5.74, 6) is 0. The van der Waals surface area contributed by atoms with Crippen LogP contribution < -0.4 is 5.44 Å². The van der Waals surface area contributed by atoms with E-state index in [1.807, 2.05) is 18.2 Å². The Morgan fingerprint density at radius 1 is 0.867 bits per heavy atom. The molecule has 2 aromatic heterocycles. The first-order chi connectivity index (χ1) is 14.7. The van der Waals surface area contributed by atoms with Gasteiger partial charge >= 0.3 is 0 Å². The summed E-state index contributed by atoms with van der Waals surface area (Å²) in [7, 11) is -0.482. The van der Waals surface area contributed by atoms with Gasteiger partial charge in [-0.15, -0.1) is 0 Å². The van der Waals surface area contributed by atoms with Crippen molar-refractivity contribution < 1.29 is 4.57 Å². The van der Waals surface area contributed by atoms with Crippen molar-refractivity contribution in [1.29, 1.82) is 0 Å². The molecule has 0 amide bonds. The van der Waals surface area contributed by atoms with Crippen molar-refractivity contribution in [2.75, 3.05) is 0 Å². The van der Waals surface area contributed by atoms with Gasteiger partial charge in [-0.2, -0.15) is 0 Å². The monoisotopic (exact) mass is 421 g/mol. The summed E-state index contributed by atoms with van der Waals surface area (Å²) in [6.45, 7) is 0. The summed E-state index contributed by atoms with van der Waals surface area (Å²) in [4.78, 5) is 9.25. The summed E-state index contributed by atoms with van der Waals surface area (Å²) in [6.07, 6.45) is 13.6. The van der Waals surface area contributed by atoms with E-state index in [0.717, 1.165) is 53.4 Å². The van der Waals surface area contributed by atoms with Gasteiger partial charge in [0.2, 0.25) is 0 Å². The highest BCUT2D eigenvalue weighted by molar-refractivity contribution is 7.72. The Balaban J connectivity index is 1.68. The summed E-state index contributed by atoms with van der Waals surface area (Å²) < 4.78 is 17.2. The van der Waals surface area contributed by atoms with E-state index in [1.54, 1.807) is 6.33 Å². The first-order valence-electron chi connectivity index (χ1n) is 11.7. The van der Waals surface area contributed by atoms with Crippen LogP contribution in [-0.2, 0) is 11.6 Å². The molecule has 2 aliphatic carbocycles. The molecule has 1 aromatic carbocycles. The van der Waals surface area contributed by atoms with Crippen LogP contribution in [0.2, 0.25) is 0 Å². The second kappa shape index (κ2) is 8.30. The number of aromatic nitrogens is 3. The molecule has 0 unspecified atom stereocenters. The smallest absolute Gasteiger partial charge is 0.144 e. The molecule has 0 aliphatic heterocycles. The Morgan fingerprint density at radius 2 is 1.47 bits per heavy atom. The van der Waals surface area contributed by atoms with E-state index in [-0.39, 0.29) is 0 Å². The van der Waals surface area contributed by atoms with Crippen LogP contribution in [-0.4, -0.2) is 25.9 Å². The van der Waals surface area contributed by atoms with E-state index in [4.69, 9.17) is 0 Å². The minimum atomic E-state index is -2.55. The Labute approximate surface area is 179 Å². The molecule has 2 saturated carbocycles. The van der Waals surface area contributed by atoms with Gasteiger partial charge in [-0.1, -0.05) is 68.9 Å². The maximum absolute atomic E-state index is 15.1. The van der Waals surface area contributed by atoms with Crippen LogP contribution in [0, 0.1) is 0 Å². The van der Waals surface area contributed by atoms with Crippen molar-refractivity contribution in [1.82, 2.24) is 14.5 Å². The third kappa shape index (κ3) is 3.34. The number of rotatable bonds is 4. The zero-order valence-corrected chi connectivity index (χ0v) is 18.9. The largest absolute Gasteiger partial charge is 0.326 e. The van der Waals surface area contributed by atoms with E-state index < -0.39 is 7.14 Å². The maximum atomic E-state index is 15.1. The minimum absolute atomic E-state index is 0.338. The summed E-state index contributed by atoms with van der Waals surface area (Å²) in [5.41, 5.74) is 4.67. The predicted octanol–water partition coefficient (Wildman–Crippen LogP) is 6.29. The Morgan fingerprint density at radius 3 is 2.07 bits per heavy atom. The van der Waals surface area contributed by atoms with Crippen LogP contribution in [0.25, 0.3) is 22.3 Å². The molecule has 0 atom stereocenters. The lowest BCUT2D eigenvalue weighted by molar-refractivity contribution is 0.452. The van der Waals surface area contributed by atoms with Crippen molar-refractivity contribution in [3.8, 4) is 11.3 Å². The summed E-state index contributed by atoms with van der Waals surface area (Å²) >= 11 is 0. The van der Waals surface area contributed by atoms with Crippen LogP contribution in [0.5, 0.6) is 0 Å². The van der Waals surface area contributed by atoms with Crippen LogP contribution in [0.15, 0.2) is 42.7 Å². The maximum Gasteiger partial charge on any atom is 0.144 e. The SMILES string of the molecule is Cn1c(P(=O)(C2CCCCC2)C2CCCCC2)cc2c(-c3ccccc3)ncnc21. The lowest BCUT2D eigenvalue weighted by Crippen LogP contribution is -2.32. The second-order valence-corrected chi connectivity index (χ2v) is 12.5. The fraction of sp³-hybridized carbons (Fsp3) is 0.520. The van der Waals surface area contributed by atoms with E-state index >= 15 is 4.57 Å². The highest BCUT2D eigenvalue weighted by atomic mass is 31.2. The highest BCUT2D eigenvalue weighted by Crippen LogP contribution is 2.62. The van der Waals surface area contributed by atoms with Crippen molar-refractivity contribution in [3.63, 3.8) is 0 Å². The molecule has 5 rings (SSSR count). The quantitative estimate of drug-likeness (QED) is 0.465. The van der Waals surface area contributed by atoms with Crippen LogP contribution in [0.4, 0.5) is 0 Å². The number of aryl methyl sites for hydroxylation is 1. The fourth-order valence-electron chi connectivity index (χ4n) is 5.88. The molecular formula is C25H32N3OP. The van der Waals surface area contributed by atoms with Gasteiger partial charge in [0.05, 0.1) is 11.1 Å². The average Bonchev–Trinajstić information content (AvgIpc) is 3.17. The molecule has 30 heavy (non-hydrogen) atoms. The summed E-state index contributed by atoms with van der Waals surface area (Å²) in [5, 5.41) is 1.04. The van der Waals surface area contributed by atoms with Gasteiger partial charge in [-0.25, -0.2) is 9.97 Å². The second-order valence-electron chi connectivity index (χ2n) is 9.18. The molecule has 2 aliphatic rings. The fourth-order valence-corrected chi connectivity index (χ4v) is 10.4. The topological polar surface area (TPSA) is 47.8 Å². The van der Waals surface area contributed by atoms with Gasteiger partial charge in [-0.05, 0) is 31.7 Å². The number of benzene rings is 1. The molecule has 0 bridgehead atoms. The van der Waals surface area contributed by atoms with Crippen molar-refractivity contribution >= 4 is 23.6 Å². The van der Waals surface area contributed by atoms with E-state index in [1.165, 1.54) is 38.5 Å². The van der Waals surface area contributed by atoms with Gasteiger partial charge in [0, 0.05) is 29.3 Å². The molecule has 0 N–H and O–H groups in total. The molecule has 5 heteroatoms. The van der Waals surface area contributed by atoms with Gasteiger partial charge < -0.3 is 9.13 Å². The molecule has 0 spiro atoms. The van der Waals surface area contributed by atoms with E-state index in [2.05, 4.69) is 39.8 Å². The number of hydrogen-bond acceptors (Lipinski definition) is 3. The Kier molecular flexibility index (Phi) is 5.54. The van der Waals surface area contributed by atoms with Gasteiger partial charge in [0.1, 0.15) is 19.1 Å². The number of nitrogens with zero attached hydrogens (tertiary/aromatic N) is 3. The predicted molar refractivity (Wildman–Crippen MR) is 125 cm³/mol. The molecule has 2 fully saturated rings. The van der Waals surface area contributed by atoms with Crippen molar-refractivity contribution in [2.24, 2.45) is 7.05 Å². The third-order valence-electron chi connectivity index (χ3n) is 7.44. The molecule has 0 saturated heterocycles. The lowest BCUT2D eigenvalue weighted by atomic mass is 9.99. The normalized spacial score (nSPS) is 19.4. The van der Waals surface area contributed by atoms with Crippen LogP contribution in [0.1, 0.15) is 64.2 Å². The van der Waals surface area contributed by atoms with Gasteiger partial charge in [0.15, 0.2) is 0 Å². The minimum Gasteiger partial charge on any atom is -0.326 e. The molecule has 2 heterocycles. The average molecular weight is 422 g/mol. The van der Waals surface area contributed by atoms with Gasteiger partial charge in [-0.3, -0.25) is 0 Å². The van der Waals surface area contributed by atoms with Crippen LogP contribution >= 0.6 is 7.14 Å². The van der Waals surface area contributed by atoms with Crippen molar-refractivity contribution in [2.45, 2.75) is 75.5 Å². The number of fused-ring (bicyclic) bond motifs is 1. The Hall–Kier alpha value is -1.93. The molecule has 4 nitrogen and oxygen atoms in total. The molecule has 158 valence electrons. The van der Waals surface area contributed by atoms with Crippen LogP contribution in [0.3, 0.4) is 0 Å². The van der Waals surface area contributed by atoms with E-state index in [0.29, 0.717) is 11.3 Å². The molecular weight excluding hydrogens is 389 g/mol.